The Labute approximate surface area is 109 Å². The maximum atomic E-state index is 10.2. The topological polar surface area (TPSA) is 49.3 Å². The molecule has 0 heterocycles. The highest BCUT2D eigenvalue weighted by atomic mass is 32.2. The predicted molar refractivity (Wildman–Crippen MR) is 75.9 cm³/mol. The third-order valence-electron chi connectivity index (χ3n) is 1.60. The van der Waals surface area contributed by atoms with E-state index in [1.807, 2.05) is 20.9 Å². The van der Waals surface area contributed by atoms with Gasteiger partial charge in [-0.1, -0.05) is 32.9 Å². The lowest BCUT2D eigenvalue weighted by Gasteiger charge is -1.92. The average molecular weight is 257 g/mol. The fraction of sp³-hybridized carbons (Fsp3) is 0.462. The van der Waals surface area contributed by atoms with Crippen molar-refractivity contribution in [3.8, 4) is 0 Å². The Bertz CT molecular complexity index is 278. The summed E-state index contributed by atoms with van der Waals surface area (Å²) in [5.74, 6) is 0. The number of hydrogen-bond donors (Lipinski definition) is 2. The Hall–Kier alpha value is -0.840. The van der Waals surface area contributed by atoms with E-state index in [4.69, 9.17) is 4.55 Å². The van der Waals surface area contributed by atoms with Crippen LogP contribution in [0, 0.1) is 0 Å². The molecule has 0 aliphatic rings. The van der Waals surface area contributed by atoms with Crippen molar-refractivity contribution < 1.29 is 9.35 Å². The molecule has 0 fully saturated rings. The van der Waals surface area contributed by atoms with Gasteiger partial charge in [0, 0.05) is 22.5 Å². The second-order valence-electron chi connectivity index (χ2n) is 2.89. The van der Waals surface area contributed by atoms with Crippen LogP contribution in [0.2, 0.25) is 0 Å². The van der Waals surface area contributed by atoms with Crippen molar-refractivity contribution in [2.24, 2.45) is 0 Å². The molecule has 3 nitrogen and oxygen atoms in total. The number of nitrogens with one attached hydrogen (secondary N) is 1. The molecule has 0 atom stereocenters. The van der Waals surface area contributed by atoms with Gasteiger partial charge in [-0.25, -0.2) is 0 Å². The van der Waals surface area contributed by atoms with Crippen LogP contribution >= 0.6 is 12.0 Å². The van der Waals surface area contributed by atoms with Crippen molar-refractivity contribution in [2.45, 2.75) is 32.1 Å². The summed E-state index contributed by atoms with van der Waals surface area (Å²) in [5.41, 5.74) is 0.582. The molecule has 0 aromatic heterocycles. The lowest BCUT2D eigenvalue weighted by Crippen LogP contribution is -2.04. The zero-order valence-electron chi connectivity index (χ0n) is 11.1. The molecule has 1 rings (SSSR count). The van der Waals surface area contributed by atoms with Crippen LogP contribution in [0.1, 0.15) is 37.6 Å². The van der Waals surface area contributed by atoms with Crippen molar-refractivity contribution in [2.75, 3.05) is 13.6 Å². The summed E-state index contributed by atoms with van der Waals surface area (Å²) >= 11 is 0.639. The third kappa shape index (κ3) is 11.4. The van der Waals surface area contributed by atoms with Gasteiger partial charge in [0.05, 0.1) is 0 Å². The first-order chi connectivity index (χ1) is 8.28. The van der Waals surface area contributed by atoms with Gasteiger partial charge in [0.1, 0.15) is 6.29 Å². The Morgan fingerprint density at radius 1 is 1.41 bits per heavy atom. The minimum absolute atomic E-state index is 0.582. The van der Waals surface area contributed by atoms with Crippen LogP contribution in [0.25, 0.3) is 0 Å². The second kappa shape index (κ2) is 15.2. The molecule has 0 amide bonds. The minimum Gasteiger partial charge on any atom is -0.325 e. The van der Waals surface area contributed by atoms with Gasteiger partial charge in [0.25, 0.3) is 0 Å². The number of benzene rings is 1. The van der Waals surface area contributed by atoms with E-state index in [0.717, 1.165) is 12.8 Å². The maximum absolute atomic E-state index is 10.2. The first-order valence-electron chi connectivity index (χ1n) is 5.79. The molecule has 0 saturated carbocycles. The largest absolute Gasteiger partial charge is 0.325 e. The quantitative estimate of drug-likeness (QED) is 0.638. The Morgan fingerprint density at radius 2 is 2.06 bits per heavy atom. The van der Waals surface area contributed by atoms with E-state index in [9.17, 15) is 4.79 Å². The number of carbonyl (C=O) groups excluding carboxylic acids is 1. The smallest absolute Gasteiger partial charge is 0.150 e. The van der Waals surface area contributed by atoms with Crippen molar-refractivity contribution in [1.82, 2.24) is 5.32 Å². The molecule has 17 heavy (non-hydrogen) atoms. The van der Waals surface area contributed by atoms with Gasteiger partial charge >= 0.3 is 0 Å². The molecule has 0 unspecified atom stereocenters. The van der Waals surface area contributed by atoms with Crippen LogP contribution in [0.5, 0.6) is 0 Å². The van der Waals surface area contributed by atoms with Gasteiger partial charge in [-0.15, -0.1) is 0 Å². The SMILES string of the molecule is CC.CCCNC.O=Cc1cccc(SO)c1. The van der Waals surface area contributed by atoms with E-state index in [-0.39, 0.29) is 0 Å². The van der Waals surface area contributed by atoms with E-state index >= 15 is 0 Å². The molecule has 0 bridgehead atoms. The molecule has 0 saturated heterocycles. The van der Waals surface area contributed by atoms with Gasteiger partial charge in [-0.3, -0.25) is 4.79 Å². The molecule has 2 N–H and O–H groups in total. The molecular formula is C13H23NO2S. The first kappa shape index (κ1) is 18.5. The van der Waals surface area contributed by atoms with Crippen molar-refractivity contribution in [3.05, 3.63) is 29.8 Å². The summed E-state index contributed by atoms with van der Waals surface area (Å²) < 4.78 is 8.56. The lowest BCUT2D eigenvalue weighted by atomic mass is 10.2. The van der Waals surface area contributed by atoms with Crippen LogP contribution in [-0.2, 0) is 0 Å². The van der Waals surface area contributed by atoms with Gasteiger partial charge in [-0.2, -0.15) is 0 Å². The fourth-order valence-electron chi connectivity index (χ4n) is 0.895. The van der Waals surface area contributed by atoms with Crippen LogP contribution < -0.4 is 5.32 Å². The molecular weight excluding hydrogens is 234 g/mol. The summed E-state index contributed by atoms with van der Waals surface area (Å²) in [4.78, 5) is 10.9. The summed E-state index contributed by atoms with van der Waals surface area (Å²) in [5, 5.41) is 3.02. The summed E-state index contributed by atoms with van der Waals surface area (Å²) in [6.07, 6.45) is 1.98. The molecule has 0 aliphatic heterocycles. The monoisotopic (exact) mass is 257 g/mol. The zero-order chi connectivity index (χ0) is 13.5. The predicted octanol–water partition coefficient (Wildman–Crippen LogP) is 3.71. The zero-order valence-corrected chi connectivity index (χ0v) is 11.9. The number of aldehydes is 1. The molecule has 4 heteroatoms. The minimum atomic E-state index is 0.582. The highest BCUT2D eigenvalue weighted by molar-refractivity contribution is 7.93. The van der Waals surface area contributed by atoms with E-state index in [2.05, 4.69) is 12.2 Å². The number of hydrogen-bond acceptors (Lipinski definition) is 4. The highest BCUT2D eigenvalue weighted by Crippen LogP contribution is 2.13. The average Bonchev–Trinajstić information content (AvgIpc) is 2.42. The van der Waals surface area contributed by atoms with Crippen LogP contribution in [-0.4, -0.2) is 24.4 Å². The van der Waals surface area contributed by atoms with Gasteiger partial charge in [-0.05, 0) is 32.1 Å². The fourth-order valence-corrected chi connectivity index (χ4v) is 1.22. The van der Waals surface area contributed by atoms with Crippen molar-refractivity contribution in [3.63, 3.8) is 0 Å². The standard InChI is InChI=1S/C7H6O2S.C4H11N.C2H6/c8-5-6-2-1-3-7(4-6)10-9;1-3-4-5-2;1-2/h1-5,9H;5H,3-4H2,1-2H3;1-2H3. The summed E-state index contributed by atoms with van der Waals surface area (Å²) in [6.45, 7) is 7.29. The van der Waals surface area contributed by atoms with Crippen LogP contribution in [0.4, 0.5) is 0 Å². The Kier molecular flexibility index (Phi) is 16.5. The van der Waals surface area contributed by atoms with Gasteiger partial charge < -0.3 is 9.87 Å². The molecule has 0 radical (unpaired) electrons. The van der Waals surface area contributed by atoms with E-state index in [1.54, 1.807) is 24.3 Å². The van der Waals surface area contributed by atoms with E-state index in [0.29, 0.717) is 22.5 Å². The van der Waals surface area contributed by atoms with Crippen molar-refractivity contribution in [1.29, 1.82) is 0 Å². The summed E-state index contributed by atoms with van der Waals surface area (Å²) in [6, 6.07) is 6.77. The maximum Gasteiger partial charge on any atom is 0.150 e. The summed E-state index contributed by atoms with van der Waals surface area (Å²) in [7, 11) is 1.96. The Morgan fingerprint density at radius 3 is 2.41 bits per heavy atom. The van der Waals surface area contributed by atoms with Gasteiger partial charge in [0.2, 0.25) is 0 Å². The van der Waals surface area contributed by atoms with Crippen LogP contribution in [0.3, 0.4) is 0 Å². The second-order valence-corrected chi connectivity index (χ2v) is 3.54. The third-order valence-corrected chi connectivity index (χ3v) is 2.06. The Balaban J connectivity index is 0. The van der Waals surface area contributed by atoms with Gasteiger partial charge in [0.15, 0.2) is 0 Å². The lowest BCUT2D eigenvalue weighted by molar-refractivity contribution is 0.112. The number of rotatable bonds is 4. The number of carbonyl (C=O) groups is 1. The molecule has 1 aromatic carbocycles. The van der Waals surface area contributed by atoms with E-state index in [1.165, 1.54) is 6.42 Å². The molecule has 1 aromatic rings. The van der Waals surface area contributed by atoms with Crippen molar-refractivity contribution >= 4 is 18.3 Å². The normalized spacial score (nSPS) is 8.29. The molecule has 98 valence electrons. The van der Waals surface area contributed by atoms with Crippen LogP contribution in [0.15, 0.2) is 29.2 Å². The molecule has 0 spiro atoms. The highest BCUT2D eigenvalue weighted by Gasteiger charge is 1.91. The van der Waals surface area contributed by atoms with E-state index < -0.39 is 0 Å². The molecule has 0 aliphatic carbocycles. The first-order valence-corrected chi connectivity index (χ1v) is 6.57.